The van der Waals surface area contributed by atoms with Crippen LogP contribution in [0, 0.1) is 5.92 Å². The molecule has 0 saturated carbocycles. The molecular formula is C12H26N2. The fraction of sp³-hybridized carbons (Fsp3) is 0.833. The van der Waals surface area contributed by atoms with Crippen LogP contribution < -0.4 is 5.32 Å². The first-order valence-electron chi connectivity index (χ1n) is 5.69. The Hall–Kier alpha value is -0.340. The molecular weight excluding hydrogens is 172 g/mol. The number of nitrogens with one attached hydrogen (secondary N) is 1. The van der Waals surface area contributed by atoms with Gasteiger partial charge in [-0.15, -0.1) is 0 Å². The predicted molar refractivity (Wildman–Crippen MR) is 64.6 cm³/mol. The second kappa shape index (κ2) is 8.01. The quantitative estimate of drug-likeness (QED) is 0.601. The standard InChI is InChI=1S/C12H26N2/c1-6-13-8-12(5)10-14(7-2)9-11(3)4/h11,13H,5-10H2,1-4H3. The van der Waals surface area contributed by atoms with Gasteiger partial charge in [-0.05, 0) is 24.6 Å². The molecule has 0 aliphatic carbocycles. The minimum atomic E-state index is 0.738. The minimum Gasteiger partial charge on any atom is -0.313 e. The van der Waals surface area contributed by atoms with Crippen LogP contribution in [0.3, 0.4) is 0 Å². The largest absolute Gasteiger partial charge is 0.313 e. The normalized spacial score (nSPS) is 11.3. The summed E-state index contributed by atoms with van der Waals surface area (Å²) >= 11 is 0. The number of likely N-dealkylation sites (N-methyl/N-ethyl adjacent to an activating group) is 2. The van der Waals surface area contributed by atoms with Gasteiger partial charge in [-0.25, -0.2) is 0 Å². The van der Waals surface area contributed by atoms with Crippen LogP contribution in [0.2, 0.25) is 0 Å². The first-order valence-corrected chi connectivity index (χ1v) is 5.69. The molecule has 14 heavy (non-hydrogen) atoms. The molecule has 0 aliphatic heterocycles. The lowest BCUT2D eigenvalue weighted by Crippen LogP contribution is -2.31. The fourth-order valence-electron chi connectivity index (χ4n) is 1.50. The lowest BCUT2D eigenvalue weighted by molar-refractivity contribution is 0.275. The van der Waals surface area contributed by atoms with E-state index >= 15 is 0 Å². The van der Waals surface area contributed by atoms with Crippen LogP contribution in [0.4, 0.5) is 0 Å². The average Bonchev–Trinajstić information content (AvgIpc) is 2.12. The fourth-order valence-corrected chi connectivity index (χ4v) is 1.50. The molecule has 0 atom stereocenters. The van der Waals surface area contributed by atoms with Crippen molar-refractivity contribution in [3.8, 4) is 0 Å². The Morgan fingerprint density at radius 2 is 2.00 bits per heavy atom. The van der Waals surface area contributed by atoms with Crippen molar-refractivity contribution < 1.29 is 0 Å². The predicted octanol–water partition coefficient (Wildman–Crippen LogP) is 2.13. The molecule has 0 unspecified atom stereocenters. The molecule has 0 saturated heterocycles. The van der Waals surface area contributed by atoms with Crippen molar-refractivity contribution in [3.63, 3.8) is 0 Å². The van der Waals surface area contributed by atoms with Gasteiger partial charge in [0.15, 0.2) is 0 Å². The molecule has 2 nitrogen and oxygen atoms in total. The summed E-state index contributed by atoms with van der Waals surface area (Å²) in [7, 11) is 0. The third-order valence-electron chi connectivity index (χ3n) is 2.14. The smallest absolute Gasteiger partial charge is 0.0202 e. The molecule has 0 bridgehead atoms. The second-order valence-corrected chi connectivity index (χ2v) is 4.25. The van der Waals surface area contributed by atoms with Crippen LogP contribution in [0.25, 0.3) is 0 Å². The third kappa shape index (κ3) is 7.10. The summed E-state index contributed by atoms with van der Waals surface area (Å²) in [4.78, 5) is 2.45. The van der Waals surface area contributed by atoms with Crippen LogP contribution in [-0.2, 0) is 0 Å². The highest BCUT2D eigenvalue weighted by Crippen LogP contribution is 2.01. The van der Waals surface area contributed by atoms with E-state index in [2.05, 4.69) is 44.5 Å². The van der Waals surface area contributed by atoms with Gasteiger partial charge < -0.3 is 5.32 Å². The minimum absolute atomic E-state index is 0.738. The molecule has 0 aliphatic rings. The van der Waals surface area contributed by atoms with Crippen molar-refractivity contribution in [1.29, 1.82) is 0 Å². The zero-order valence-electron chi connectivity index (χ0n) is 10.3. The molecule has 0 rings (SSSR count). The molecule has 0 radical (unpaired) electrons. The summed E-state index contributed by atoms with van der Waals surface area (Å²) in [5, 5.41) is 3.30. The summed E-state index contributed by atoms with van der Waals surface area (Å²) in [6.07, 6.45) is 0. The van der Waals surface area contributed by atoms with Gasteiger partial charge in [-0.3, -0.25) is 4.90 Å². The Balaban J connectivity index is 3.74. The third-order valence-corrected chi connectivity index (χ3v) is 2.14. The van der Waals surface area contributed by atoms with E-state index in [0.717, 1.165) is 32.1 Å². The molecule has 0 aromatic rings. The van der Waals surface area contributed by atoms with Crippen LogP contribution >= 0.6 is 0 Å². The average molecular weight is 198 g/mol. The Morgan fingerprint density at radius 1 is 1.36 bits per heavy atom. The van der Waals surface area contributed by atoms with Crippen LogP contribution in [-0.4, -0.2) is 37.6 Å². The first-order chi connectivity index (χ1) is 6.60. The Kier molecular flexibility index (Phi) is 7.81. The monoisotopic (exact) mass is 198 g/mol. The highest BCUT2D eigenvalue weighted by molar-refractivity contribution is 4.99. The van der Waals surface area contributed by atoms with Crippen molar-refractivity contribution in [2.75, 3.05) is 32.7 Å². The zero-order chi connectivity index (χ0) is 11.0. The SMILES string of the molecule is C=C(CNCC)CN(CC)CC(C)C. The van der Waals surface area contributed by atoms with Crippen molar-refractivity contribution in [1.82, 2.24) is 10.2 Å². The van der Waals surface area contributed by atoms with E-state index in [0.29, 0.717) is 0 Å². The summed E-state index contributed by atoms with van der Waals surface area (Å²) in [6, 6.07) is 0. The Morgan fingerprint density at radius 3 is 2.43 bits per heavy atom. The van der Waals surface area contributed by atoms with Crippen LogP contribution in [0.1, 0.15) is 27.7 Å². The summed E-state index contributed by atoms with van der Waals surface area (Å²) in [5.41, 5.74) is 1.29. The number of rotatable bonds is 8. The van der Waals surface area contributed by atoms with Gasteiger partial charge in [0.2, 0.25) is 0 Å². The van der Waals surface area contributed by atoms with Gasteiger partial charge in [0.05, 0.1) is 0 Å². The van der Waals surface area contributed by atoms with E-state index in [-0.39, 0.29) is 0 Å². The molecule has 0 aromatic carbocycles. The highest BCUT2D eigenvalue weighted by Gasteiger charge is 2.05. The van der Waals surface area contributed by atoms with Gasteiger partial charge in [-0.2, -0.15) is 0 Å². The molecule has 0 heterocycles. The number of hydrogen-bond acceptors (Lipinski definition) is 2. The van der Waals surface area contributed by atoms with Crippen molar-refractivity contribution in [2.45, 2.75) is 27.7 Å². The van der Waals surface area contributed by atoms with Gasteiger partial charge in [0.25, 0.3) is 0 Å². The number of hydrogen-bond donors (Lipinski definition) is 1. The van der Waals surface area contributed by atoms with E-state index in [4.69, 9.17) is 0 Å². The Bertz CT molecular complexity index is 152. The van der Waals surface area contributed by atoms with Crippen molar-refractivity contribution in [3.05, 3.63) is 12.2 Å². The highest BCUT2D eigenvalue weighted by atomic mass is 15.1. The maximum absolute atomic E-state index is 4.08. The molecule has 2 heteroatoms. The summed E-state index contributed by atoms with van der Waals surface area (Å²) in [6.45, 7) is 18.2. The van der Waals surface area contributed by atoms with E-state index in [1.165, 1.54) is 12.1 Å². The zero-order valence-corrected chi connectivity index (χ0v) is 10.3. The van der Waals surface area contributed by atoms with Crippen LogP contribution in [0.5, 0.6) is 0 Å². The molecule has 0 fully saturated rings. The van der Waals surface area contributed by atoms with Gasteiger partial charge in [0, 0.05) is 19.6 Å². The van der Waals surface area contributed by atoms with Crippen LogP contribution in [0.15, 0.2) is 12.2 Å². The molecule has 84 valence electrons. The van der Waals surface area contributed by atoms with Crippen molar-refractivity contribution >= 4 is 0 Å². The second-order valence-electron chi connectivity index (χ2n) is 4.25. The topological polar surface area (TPSA) is 15.3 Å². The summed E-state index contributed by atoms with van der Waals surface area (Å²) in [5.74, 6) is 0.738. The molecule has 0 spiro atoms. The van der Waals surface area contributed by atoms with E-state index in [9.17, 15) is 0 Å². The van der Waals surface area contributed by atoms with Crippen molar-refractivity contribution in [2.24, 2.45) is 5.92 Å². The lowest BCUT2D eigenvalue weighted by atomic mass is 10.2. The maximum atomic E-state index is 4.08. The lowest BCUT2D eigenvalue weighted by Gasteiger charge is -2.23. The first kappa shape index (κ1) is 13.7. The maximum Gasteiger partial charge on any atom is 0.0202 e. The van der Waals surface area contributed by atoms with Gasteiger partial charge in [-0.1, -0.05) is 34.3 Å². The van der Waals surface area contributed by atoms with E-state index in [1.807, 2.05) is 0 Å². The molecule has 0 aromatic heterocycles. The van der Waals surface area contributed by atoms with E-state index in [1.54, 1.807) is 0 Å². The summed E-state index contributed by atoms with van der Waals surface area (Å²) < 4.78 is 0. The van der Waals surface area contributed by atoms with E-state index < -0.39 is 0 Å². The van der Waals surface area contributed by atoms with Gasteiger partial charge >= 0.3 is 0 Å². The molecule has 0 amide bonds. The Labute approximate surface area is 89.4 Å². The van der Waals surface area contributed by atoms with Gasteiger partial charge in [0.1, 0.15) is 0 Å². The number of nitrogens with zero attached hydrogens (tertiary/aromatic N) is 1. The molecule has 1 N–H and O–H groups in total.